The Bertz CT molecular complexity index is 887. The molecular formula is C16H11N5O3. The van der Waals surface area contributed by atoms with Crippen molar-refractivity contribution in [2.45, 2.75) is 6.42 Å². The smallest absolute Gasteiger partial charge is 0.261 e. The summed E-state index contributed by atoms with van der Waals surface area (Å²) in [4.78, 5) is 38.0. The molecule has 24 heavy (non-hydrogen) atoms. The lowest BCUT2D eigenvalue weighted by Crippen LogP contribution is -2.31. The van der Waals surface area contributed by atoms with Crippen LogP contribution in [0.4, 0.5) is 0 Å². The Morgan fingerprint density at radius 1 is 1.04 bits per heavy atom. The molecule has 3 aromatic rings. The first-order chi connectivity index (χ1) is 11.7. The van der Waals surface area contributed by atoms with Gasteiger partial charge in [-0.25, -0.2) is 4.98 Å². The summed E-state index contributed by atoms with van der Waals surface area (Å²) in [6.45, 7) is 0.175. The van der Waals surface area contributed by atoms with Crippen molar-refractivity contribution in [3.63, 3.8) is 0 Å². The predicted molar refractivity (Wildman–Crippen MR) is 80.8 cm³/mol. The van der Waals surface area contributed by atoms with Gasteiger partial charge in [0, 0.05) is 25.4 Å². The van der Waals surface area contributed by atoms with Crippen molar-refractivity contribution < 1.29 is 14.1 Å². The topological polar surface area (TPSA) is 102 Å². The second-order valence-electron chi connectivity index (χ2n) is 5.16. The first kappa shape index (κ1) is 14.2. The zero-order valence-electron chi connectivity index (χ0n) is 12.4. The van der Waals surface area contributed by atoms with Crippen LogP contribution < -0.4 is 0 Å². The van der Waals surface area contributed by atoms with E-state index in [-0.39, 0.29) is 24.8 Å². The Morgan fingerprint density at radius 2 is 1.79 bits per heavy atom. The molecule has 0 spiro atoms. The molecule has 8 nitrogen and oxygen atoms in total. The highest BCUT2D eigenvalue weighted by molar-refractivity contribution is 6.21. The molecule has 1 aliphatic heterocycles. The number of imide groups is 1. The molecule has 0 atom stereocenters. The van der Waals surface area contributed by atoms with Crippen molar-refractivity contribution in [1.29, 1.82) is 0 Å². The minimum Gasteiger partial charge on any atom is -0.339 e. The fourth-order valence-corrected chi connectivity index (χ4v) is 2.52. The van der Waals surface area contributed by atoms with Crippen molar-refractivity contribution >= 4 is 11.8 Å². The molecule has 2 amide bonds. The summed E-state index contributed by atoms with van der Waals surface area (Å²) in [5, 5.41) is 3.83. The van der Waals surface area contributed by atoms with Crippen LogP contribution in [-0.2, 0) is 6.42 Å². The average Bonchev–Trinajstić information content (AvgIpc) is 3.19. The van der Waals surface area contributed by atoms with Crippen LogP contribution in [0.15, 0.2) is 47.4 Å². The van der Waals surface area contributed by atoms with Crippen LogP contribution in [0.5, 0.6) is 0 Å². The number of fused-ring (bicyclic) bond motifs is 1. The quantitative estimate of drug-likeness (QED) is 0.669. The van der Waals surface area contributed by atoms with Gasteiger partial charge in [0.1, 0.15) is 5.69 Å². The lowest BCUT2D eigenvalue weighted by Gasteiger charge is -2.11. The maximum atomic E-state index is 12.3. The van der Waals surface area contributed by atoms with Crippen LogP contribution in [0.3, 0.4) is 0 Å². The number of carbonyl (C=O) groups excluding carboxylic acids is 2. The van der Waals surface area contributed by atoms with E-state index in [0.717, 1.165) is 0 Å². The number of hydrogen-bond acceptors (Lipinski definition) is 7. The van der Waals surface area contributed by atoms with Crippen molar-refractivity contribution in [2.24, 2.45) is 0 Å². The number of hydrogen-bond donors (Lipinski definition) is 0. The molecule has 0 saturated heterocycles. The Balaban J connectivity index is 1.48. The highest BCUT2D eigenvalue weighted by Gasteiger charge is 2.34. The molecule has 0 saturated carbocycles. The minimum absolute atomic E-state index is 0.175. The first-order valence-corrected chi connectivity index (χ1v) is 7.28. The number of benzene rings is 1. The zero-order valence-corrected chi connectivity index (χ0v) is 12.4. The number of aromatic nitrogens is 4. The Hall–Kier alpha value is -3.42. The number of carbonyl (C=O) groups is 2. The van der Waals surface area contributed by atoms with Crippen LogP contribution in [0, 0.1) is 0 Å². The standard InChI is InChI=1S/C16H11N5O3/c22-15-10-3-1-2-4-11(10)16(23)21(15)8-5-13-19-14(20-24-13)12-9-17-6-7-18-12/h1-4,6-7,9H,5,8H2. The van der Waals surface area contributed by atoms with E-state index < -0.39 is 0 Å². The van der Waals surface area contributed by atoms with Gasteiger partial charge in [-0.3, -0.25) is 19.5 Å². The summed E-state index contributed by atoms with van der Waals surface area (Å²) in [6.07, 6.45) is 4.88. The van der Waals surface area contributed by atoms with Crippen molar-refractivity contribution in [1.82, 2.24) is 25.0 Å². The third kappa shape index (κ3) is 2.34. The third-order valence-corrected chi connectivity index (χ3v) is 3.69. The molecule has 2 aromatic heterocycles. The summed E-state index contributed by atoms with van der Waals surface area (Å²) < 4.78 is 5.15. The van der Waals surface area contributed by atoms with Gasteiger partial charge in [0.15, 0.2) is 0 Å². The zero-order chi connectivity index (χ0) is 16.5. The van der Waals surface area contributed by atoms with Crippen LogP contribution in [-0.4, -0.2) is 43.4 Å². The van der Waals surface area contributed by atoms with Crippen molar-refractivity contribution in [2.75, 3.05) is 6.54 Å². The van der Waals surface area contributed by atoms with E-state index in [2.05, 4.69) is 20.1 Å². The van der Waals surface area contributed by atoms with Gasteiger partial charge in [0.25, 0.3) is 11.8 Å². The molecule has 1 aromatic carbocycles. The van der Waals surface area contributed by atoms with E-state index in [4.69, 9.17) is 4.52 Å². The van der Waals surface area contributed by atoms with E-state index in [0.29, 0.717) is 28.5 Å². The average molecular weight is 321 g/mol. The van der Waals surface area contributed by atoms with Gasteiger partial charge in [0.05, 0.1) is 17.3 Å². The minimum atomic E-state index is -0.302. The fraction of sp³-hybridized carbons (Fsp3) is 0.125. The number of amides is 2. The normalized spacial score (nSPS) is 13.4. The van der Waals surface area contributed by atoms with E-state index in [1.165, 1.54) is 17.3 Å². The van der Waals surface area contributed by atoms with Gasteiger partial charge >= 0.3 is 0 Å². The fourth-order valence-electron chi connectivity index (χ4n) is 2.52. The molecule has 0 bridgehead atoms. The Morgan fingerprint density at radius 3 is 2.46 bits per heavy atom. The number of rotatable bonds is 4. The second kappa shape index (κ2) is 5.65. The van der Waals surface area contributed by atoms with Crippen LogP contribution in [0.2, 0.25) is 0 Å². The molecule has 0 unspecified atom stereocenters. The molecule has 8 heteroatoms. The van der Waals surface area contributed by atoms with Gasteiger partial charge in [-0.15, -0.1) is 0 Å². The van der Waals surface area contributed by atoms with Crippen LogP contribution in [0.1, 0.15) is 26.6 Å². The van der Waals surface area contributed by atoms with E-state index in [1.807, 2.05) is 0 Å². The van der Waals surface area contributed by atoms with Crippen molar-refractivity contribution in [3.8, 4) is 11.5 Å². The molecule has 0 N–H and O–H groups in total. The molecule has 1 aliphatic rings. The molecule has 0 fully saturated rings. The summed E-state index contributed by atoms with van der Waals surface area (Å²) in [5.74, 6) is 0.0428. The number of nitrogens with zero attached hydrogens (tertiary/aromatic N) is 5. The van der Waals surface area contributed by atoms with Crippen LogP contribution >= 0.6 is 0 Å². The van der Waals surface area contributed by atoms with E-state index in [9.17, 15) is 9.59 Å². The largest absolute Gasteiger partial charge is 0.339 e. The van der Waals surface area contributed by atoms with Gasteiger partial charge in [-0.1, -0.05) is 17.3 Å². The maximum Gasteiger partial charge on any atom is 0.261 e. The Kier molecular flexibility index (Phi) is 3.34. The van der Waals surface area contributed by atoms with Gasteiger partial charge in [0.2, 0.25) is 11.7 Å². The molecule has 3 heterocycles. The summed E-state index contributed by atoms with van der Waals surface area (Å²) in [6, 6.07) is 6.76. The Labute approximate surface area is 136 Å². The molecular weight excluding hydrogens is 310 g/mol. The highest BCUT2D eigenvalue weighted by Crippen LogP contribution is 2.22. The lowest BCUT2D eigenvalue weighted by molar-refractivity contribution is 0.0653. The SMILES string of the molecule is O=C1c2ccccc2C(=O)N1CCc1nc(-c2cnccn2)no1. The molecule has 0 radical (unpaired) electrons. The van der Waals surface area contributed by atoms with E-state index >= 15 is 0 Å². The molecule has 0 aliphatic carbocycles. The van der Waals surface area contributed by atoms with Crippen molar-refractivity contribution in [3.05, 3.63) is 59.9 Å². The summed E-state index contributed by atoms with van der Waals surface area (Å²) in [5.41, 5.74) is 1.34. The summed E-state index contributed by atoms with van der Waals surface area (Å²) >= 11 is 0. The van der Waals surface area contributed by atoms with Gasteiger partial charge in [-0.2, -0.15) is 4.98 Å². The van der Waals surface area contributed by atoms with Crippen LogP contribution in [0.25, 0.3) is 11.5 Å². The third-order valence-electron chi connectivity index (χ3n) is 3.69. The second-order valence-corrected chi connectivity index (χ2v) is 5.16. The van der Waals surface area contributed by atoms with Gasteiger partial charge in [-0.05, 0) is 12.1 Å². The van der Waals surface area contributed by atoms with E-state index in [1.54, 1.807) is 30.5 Å². The highest BCUT2D eigenvalue weighted by atomic mass is 16.5. The molecule has 4 rings (SSSR count). The lowest BCUT2D eigenvalue weighted by atomic mass is 10.1. The predicted octanol–water partition coefficient (Wildman–Crippen LogP) is 1.37. The monoisotopic (exact) mass is 321 g/mol. The first-order valence-electron chi connectivity index (χ1n) is 7.28. The summed E-state index contributed by atoms with van der Waals surface area (Å²) in [7, 11) is 0. The van der Waals surface area contributed by atoms with Gasteiger partial charge < -0.3 is 4.52 Å². The maximum absolute atomic E-state index is 12.3. The molecule has 118 valence electrons.